The van der Waals surface area contributed by atoms with Crippen molar-refractivity contribution in [1.29, 1.82) is 0 Å². The minimum absolute atomic E-state index is 0.0742. The third-order valence-electron chi connectivity index (χ3n) is 17.0. The molecule has 3 nitrogen and oxygen atoms in total. The lowest BCUT2D eigenvalue weighted by Crippen LogP contribution is -2.14. The van der Waals surface area contributed by atoms with Gasteiger partial charge in [-0.3, -0.25) is 0 Å². The van der Waals surface area contributed by atoms with Gasteiger partial charge < -0.3 is 13.9 Å². The van der Waals surface area contributed by atoms with Gasteiger partial charge in [0.1, 0.15) is 11.2 Å². The first-order chi connectivity index (χ1) is 38.4. The fourth-order valence-electron chi connectivity index (χ4n) is 13.1. The van der Waals surface area contributed by atoms with Gasteiger partial charge in [-0.1, -0.05) is 184 Å². The predicted molar refractivity (Wildman–Crippen MR) is 329 cm³/mol. The van der Waals surface area contributed by atoms with Gasteiger partial charge in [-0.2, -0.15) is 0 Å². The maximum absolute atomic E-state index is 6.34. The summed E-state index contributed by atoms with van der Waals surface area (Å²) in [5, 5.41) is 12.3. The SMILES string of the molecule is CC1(C)c2ccccc2-c2ccc(-c3ccc4c(c3)c3cc(-c5ccc(N(c6ccc(-c7ccc8c9ccccc9c9ccccc9c8c7)cc6)c6ccc7oc8ccccc8c7c6)cc5)ccc3n4-c3ccccc3)cc21. The average molecular weight is 995 g/mol. The summed E-state index contributed by atoms with van der Waals surface area (Å²) in [6.07, 6.45) is 0. The predicted octanol–water partition coefficient (Wildman–Crippen LogP) is 20.9. The van der Waals surface area contributed by atoms with E-state index in [4.69, 9.17) is 4.42 Å². The van der Waals surface area contributed by atoms with Crippen molar-refractivity contribution in [3.8, 4) is 50.2 Å². The summed E-state index contributed by atoms with van der Waals surface area (Å²) in [5.41, 5.74) is 21.0. The molecule has 0 fully saturated rings. The second-order valence-corrected chi connectivity index (χ2v) is 21.6. The van der Waals surface area contributed by atoms with Crippen LogP contribution in [-0.4, -0.2) is 4.57 Å². The monoisotopic (exact) mass is 994 g/mol. The zero-order chi connectivity index (χ0) is 51.6. The molecular formula is C75H50N2O. The van der Waals surface area contributed by atoms with Crippen LogP contribution in [0.3, 0.4) is 0 Å². The van der Waals surface area contributed by atoms with Gasteiger partial charge in [-0.05, 0) is 185 Å². The molecule has 13 aromatic carbocycles. The van der Waals surface area contributed by atoms with Crippen molar-refractivity contribution in [3.63, 3.8) is 0 Å². The summed E-state index contributed by atoms with van der Waals surface area (Å²) in [4.78, 5) is 2.37. The van der Waals surface area contributed by atoms with Crippen LogP contribution < -0.4 is 4.90 Å². The highest BCUT2D eigenvalue weighted by Crippen LogP contribution is 2.50. The lowest BCUT2D eigenvalue weighted by Gasteiger charge is -2.26. The minimum atomic E-state index is -0.0742. The molecule has 0 spiro atoms. The first-order valence-electron chi connectivity index (χ1n) is 27.1. The Balaban J connectivity index is 0.796. The van der Waals surface area contributed by atoms with Gasteiger partial charge in [0, 0.05) is 49.7 Å². The highest BCUT2D eigenvalue weighted by atomic mass is 16.3. The van der Waals surface area contributed by atoms with Crippen molar-refractivity contribution in [2.75, 3.05) is 4.90 Å². The number of benzene rings is 13. The molecule has 16 rings (SSSR count). The Morgan fingerprint density at radius 1 is 0.295 bits per heavy atom. The van der Waals surface area contributed by atoms with Gasteiger partial charge >= 0.3 is 0 Å². The fourth-order valence-corrected chi connectivity index (χ4v) is 13.1. The molecule has 0 aliphatic heterocycles. The quantitative estimate of drug-likeness (QED) is 0.148. The van der Waals surface area contributed by atoms with Crippen LogP contribution in [0.25, 0.3) is 126 Å². The second-order valence-electron chi connectivity index (χ2n) is 21.6. The normalized spacial score (nSPS) is 12.8. The van der Waals surface area contributed by atoms with Gasteiger partial charge in [-0.15, -0.1) is 0 Å². The maximum atomic E-state index is 6.34. The molecule has 1 aliphatic rings. The Morgan fingerprint density at radius 2 is 0.744 bits per heavy atom. The number of nitrogens with zero attached hydrogens (tertiary/aromatic N) is 2. The molecule has 0 atom stereocenters. The molecule has 15 aromatic rings. The van der Waals surface area contributed by atoms with E-state index in [1.165, 1.54) is 104 Å². The molecule has 0 saturated carbocycles. The van der Waals surface area contributed by atoms with Crippen LogP contribution in [0.15, 0.2) is 271 Å². The molecule has 0 amide bonds. The average Bonchev–Trinajstić information content (AvgIpc) is 4.30. The minimum Gasteiger partial charge on any atom is -0.456 e. The number of anilines is 3. The van der Waals surface area contributed by atoms with Crippen molar-refractivity contribution in [2.24, 2.45) is 0 Å². The maximum Gasteiger partial charge on any atom is 0.135 e. The van der Waals surface area contributed by atoms with Gasteiger partial charge in [0.05, 0.1) is 11.0 Å². The van der Waals surface area contributed by atoms with Crippen LogP contribution in [0.2, 0.25) is 0 Å². The summed E-state index contributed by atoms with van der Waals surface area (Å²) < 4.78 is 8.75. The Kier molecular flexibility index (Phi) is 9.68. The summed E-state index contributed by atoms with van der Waals surface area (Å²) >= 11 is 0. The van der Waals surface area contributed by atoms with E-state index in [-0.39, 0.29) is 5.41 Å². The molecule has 78 heavy (non-hydrogen) atoms. The van der Waals surface area contributed by atoms with Crippen LogP contribution in [0.1, 0.15) is 25.0 Å². The highest BCUT2D eigenvalue weighted by Gasteiger charge is 2.35. The van der Waals surface area contributed by atoms with Crippen molar-refractivity contribution >= 4 is 93.1 Å². The molecule has 0 N–H and O–H groups in total. The Labute approximate surface area is 452 Å². The fraction of sp³-hybridized carbons (Fsp3) is 0.0400. The van der Waals surface area contributed by atoms with E-state index in [9.17, 15) is 0 Å². The summed E-state index contributed by atoms with van der Waals surface area (Å²) in [6, 6.07) is 98.3. The van der Waals surface area contributed by atoms with Crippen molar-refractivity contribution in [3.05, 3.63) is 278 Å². The van der Waals surface area contributed by atoms with Crippen LogP contribution in [0.5, 0.6) is 0 Å². The lowest BCUT2D eigenvalue weighted by atomic mass is 9.81. The van der Waals surface area contributed by atoms with Gasteiger partial charge in [0.2, 0.25) is 0 Å². The van der Waals surface area contributed by atoms with Crippen molar-refractivity contribution in [2.45, 2.75) is 19.3 Å². The first kappa shape index (κ1) is 44.3. The van der Waals surface area contributed by atoms with Gasteiger partial charge in [-0.25, -0.2) is 0 Å². The summed E-state index contributed by atoms with van der Waals surface area (Å²) in [6.45, 7) is 4.72. The summed E-state index contributed by atoms with van der Waals surface area (Å²) in [5.74, 6) is 0. The highest BCUT2D eigenvalue weighted by molar-refractivity contribution is 6.26. The van der Waals surface area contributed by atoms with Crippen LogP contribution in [-0.2, 0) is 5.41 Å². The number of fused-ring (bicyclic) bond motifs is 15. The topological polar surface area (TPSA) is 21.3 Å². The number of furan rings is 1. The van der Waals surface area contributed by atoms with E-state index >= 15 is 0 Å². The standard InChI is InChI=1S/C75H50N2O/c1-75(2)69-22-12-10-20-62(69)63-38-29-52(45-70(63)75)51-31-40-72-67(44-51)66-43-50(30-39-71(66)77(72)53-14-4-3-5-15-53)48-26-34-55(35-27-48)76(56-36-41-74-68(46-56)64-21-11-13-23-73(64)78-74)54-32-24-47(25-33-54)49-28-37-61-59-18-7-6-16-57(59)58-17-8-9-19-60(58)65(61)42-49/h3-46H,1-2H3. The van der Waals surface area contributed by atoms with E-state index in [1.807, 2.05) is 12.1 Å². The van der Waals surface area contributed by atoms with Crippen molar-refractivity contribution < 1.29 is 4.42 Å². The number of rotatable bonds is 7. The number of hydrogen-bond donors (Lipinski definition) is 0. The second kappa shape index (κ2) is 17.0. The van der Waals surface area contributed by atoms with E-state index in [1.54, 1.807) is 0 Å². The number of aromatic nitrogens is 1. The molecule has 0 bridgehead atoms. The van der Waals surface area contributed by atoms with Crippen LogP contribution in [0.4, 0.5) is 17.1 Å². The van der Waals surface area contributed by atoms with Crippen LogP contribution >= 0.6 is 0 Å². The third kappa shape index (κ3) is 6.78. The molecule has 0 unspecified atom stereocenters. The van der Waals surface area contributed by atoms with Gasteiger partial charge in [0.25, 0.3) is 0 Å². The van der Waals surface area contributed by atoms with E-state index in [0.717, 1.165) is 50.3 Å². The van der Waals surface area contributed by atoms with E-state index in [0.29, 0.717) is 0 Å². The summed E-state index contributed by atoms with van der Waals surface area (Å²) in [7, 11) is 0. The molecule has 0 saturated heterocycles. The Bertz CT molecular complexity index is 4890. The molecule has 1 aliphatic carbocycles. The smallest absolute Gasteiger partial charge is 0.135 e. The number of para-hydroxylation sites is 2. The molecule has 0 radical (unpaired) electrons. The first-order valence-corrected chi connectivity index (χ1v) is 27.1. The van der Waals surface area contributed by atoms with Gasteiger partial charge in [0.15, 0.2) is 0 Å². The number of hydrogen-bond acceptors (Lipinski definition) is 2. The lowest BCUT2D eigenvalue weighted by molar-refractivity contribution is 0.660. The molecular weight excluding hydrogens is 945 g/mol. The zero-order valence-corrected chi connectivity index (χ0v) is 43.2. The van der Waals surface area contributed by atoms with E-state index < -0.39 is 0 Å². The Hall–Kier alpha value is -9.96. The third-order valence-corrected chi connectivity index (χ3v) is 17.0. The Morgan fingerprint density at radius 3 is 1.40 bits per heavy atom. The van der Waals surface area contributed by atoms with Crippen molar-refractivity contribution in [1.82, 2.24) is 4.57 Å². The van der Waals surface area contributed by atoms with E-state index in [2.05, 4.69) is 278 Å². The molecule has 2 heterocycles. The zero-order valence-electron chi connectivity index (χ0n) is 43.2. The molecule has 2 aromatic heterocycles. The largest absolute Gasteiger partial charge is 0.456 e. The molecule has 3 heteroatoms. The molecule has 366 valence electrons. The van der Waals surface area contributed by atoms with Crippen LogP contribution in [0, 0.1) is 0 Å².